The van der Waals surface area contributed by atoms with Gasteiger partial charge in [0.05, 0.1) is 10.9 Å². The number of aromatic nitrogens is 2. The zero-order valence-corrected chi connectivity index (χ0v) is 17.6. The molecular formula is C22H26N4O2S. The minimum Gasteiger partial charge on any atom is -0.490 e. The molecule has 0 radical (unpaired) electrons. The quantitative estimate of drug-likeness (QED) is 0.636. The van der Waals surface area contributed by atoms with E-state index >= 15 is 0 Å². The standard InChI is InChI=1S/C22H26N4O2S/c1-3-23-22(27)25-13-11-19(14-21(25)29)28-18-7-4-16(5-8-18)20-9-6-17-10-12-24-26(17)15(20)2/h4-10,12,19,21,29H,3,11,13-14H2,1-2H3,(H,23,27). The van der Waals surface area contributed by atoms with Crippen molar-refractivity contribution >= 4 is 24.2 Å². The molecule has 3 heterocycles. The molecule has 2 amide bonds. The lowest BCUT2D eigenvalue weighted by Gasteiger charge is -2.36. The van der Waals surface area contributed by atoms with Gasteiger partial charge in [0.1, 0.15) is 11.9 Å². The molecule has 1 aromatic carbocycles. The lowest BCUT2D eigenvalue weighted by atomic mass is 10.0. The summed E-state index contributed by atoms with van der Waals surface area (Å²) in [5.74, 6) is 0.837. The summed E-state index contributed by atoms with van der Waals surface area (Å²) in [6, 6.07) is 14.3. The number of carbonyl (C=O) groups excluding carboxylic acids is 1. The number of nitrogens with zero attached hydrogens (tertiary/aromatic N) is 3. The second-order valence-corrected chi connectivity index (χ2v) is 7.89. The summed E-state index contributed by atoms with van der Waals surface area (Å²) in [6.45, 7) is 5.26. The number of urea groups is 1. The summed E-state index contributed by atoms with van der Waals surface area (Å²) in [7, 11) is 0. The highest BCUT2D eigenvalue weighted by atomic mass is 32.1. The number of piperidine rings is 1. The average molecular weight is 411 g/mol. The number of benzene rings is 1. The van der Waals surface area contributed by atoms with Crippen LogP contribution in [0.15, 0.2) is 48.7 Å². The van der Waals surface area contributed by atoms with E-state index < -0.39 is 0 Å². The molecule has 0 bridgehead atoms. The van der Waals surface area contributed by atoms with Crippen LogP contribution in [0.1, 0.15) is 25.5 Å². The number of aryl methyl sites for hydroxylation is 1. The SMILES string of the molecule is CCNC(=O)N1CCC(Oc2ccc(-c3ccc4ccnn4c3C)cc2)CC1S. The lowest BCUT2D eigenvalue weighted by Crippen LogP contribution is -2.50. The maximum Gasteiger partial charge on any atom is 0.318 e. The van der Waals surface area contributed by atoms with Crippen molar-refractivity contribution in [3.05, 3.63) is 54.4 Å². The number of rotatable bonds is 4. The van der Waals surface area contributed by atoms with Gasteiger partial charge in [-0.25, -0.2) is 9.31 Å². The largest absolute Gasteiger partial charge is 0.490 e. The molecule has 1 N–H and O–H groups in total. The summed E-state index contributed by atoms with van der Waals surface area (Å²) in [5, 5.41) is 7.09. The first-order valence-electron chi connectivity index (χ1n) is 10.00. The Kier molecular flexibility index (Phi) is 5.67. The predicted molar refractivity (Wildman–Crippen MR) is 118 cm³/mol. The molecule has 2 aromatic heterocycles. The van der Waals surface area contributed by atoms with Crippen molar-refractivity contribution in [1.82, 2.24) is 19.8 Å². The molecule has 152 valence electrons. The summed E-state index contributed by atoms with van der Waals surface area (Å²) in [4.78, 5) is 13.8. The molecule has 1 aliphatic heterocycles. The molecule has 29 heavy (non-hydrogen) atoms. The van der Waals surface area contributed by atoms with E-state index in [-0.39, 0.29) is 17.5 Å². The van der Waals surface area contributed by atoms with Gasteiger partial charge in [0, 0.05) is 43.4 Å². The predicted octanol–water partition coefficient (Wildman–Crippen LogP) is 4.14. The van der Waals surface area contributed by atoms with Gasteiger partial charge in [0.15, 0.2) is 0 Å². The Bertz CT molecular complexity index is 1000. The van der Waals surface area contributed by atoms with Gasteiger partial charge >= 0.3 is 6.03 Å². The van der Waals surface area contributed by atoms with Crippen molar-refractivity contribution in [3.8, 4) is 16.9 Å². The van der Waals surface area contributed by atoms with E-state index in [0.29, 0.717) is 19.5 Å². The van der Waals surface area contributed by atoms with Gasteiger partial charge < -0.3 is 15.0 Å². The Labute approximate surface area is 176 Å². The number of carbonyl (C=O) groups is 1. The Hall–Kier alpha value is -2.67. The molecule has 1 fully saturated rings. The number of amides is 2. The van der Waals surface area contributed by atoms with E-state index in [1.165, 1.54) is 0 Å². The van der Waals surface area contributed by atoms with Gasteiger partial charge in [-0.3, -0.25) is 0 Å². The van der Waals surface area contributed by atoms with E-state index in [1.807, 2.05) is 35.8 Å². The van der Waals surface area contributed by atoms with Gasteiger partial charge in [0.2, 0.25) is 0 Å². The van der Waals surface area contributed by atoms with Crippen LogP contribution in [0.4, 0.5) is 4.79 Å². The number of hydrogen-bond donors (Lipinski definition) is 2. The Balaban J connectivity index is 1.42. The van der Waals surface area contributed by atoms with Gasteiger partial charge in [-0.1, -0.05) is 18.2 Å². The normalized spacial score (nSPS) is 19.3. The molecule has 0 saturated carbocycles. The van der Waals surface area contributed by atoms with Crippen molar-refractivity contribution in [2.24, 2.45) is 0 Å². The monoisotopic (exact) mass is 410 g/mol. The number of nitrogens with one attached hydrogen (secondary N) is 1. The third kappa shape index (κ3) is 4.05. The van der Waals surface area contributed by atoms with E-state index in [0.717, 1.165) is 34.5 Å². The first kappa shape index (κ1) is 19.6. The first-order chi connectivity index (χ1) is 14.1. The van der Waals surface area contributed by atoms with Crippen LogP contribution in [0.2, 0.25) is 0 Å². The van der Waals surface area contributed by atoms with Crippen LogP contribution in [0, 0.1) is 6.92 Å². The fourth-order valence-electron chi connectivity index (χ4n) is 3.84. The van der Waals surface area contributed by atoms with Gasteiger partial charge in [-0.05, 0) is 43.7 Å². The molecule has 0 spiro atoms. The van der Waals surface area contributed by atoms with Crippen molar-refractivity contribution in [1.29, 1.82) is 0 Å². The first-order valence-corrected chi connectivity index (χ1v) is 10.5. The van der Waals surface area contributed by atoms with Crippen LogP contribution in [0.25, 0.3) is 16.6 Å². The average Bonchev–Trinajstić information content (AvgIpc) is 3.19. The van der Waals surface area contributed by atoms with Crippen molar-refractivity contribution in [2.45, 2.75) is 38.2 Å². The zero-order chi connectivity index (χ0) is 20.4. The maximum absolute atomic E-state index is 12.1. The number of likely N-dealkylation sites (tertiary alicyclic amines) is 1. The van der Waals surface area contributed by atoms with E-state index in [1.54, 1.807) is 4.90 Å². The molecule has 6 nitrogen and oxygen atoms in total. The number of hydrogen-bond acceptors (Lipinski definition) is 4. The highest BCUT2D eigenvalue weighted by molar-refractivity contribution is 7.80. The maximum atomic E-state index is 12.1. The van der Waals surface area contributed by atoms with Crippen molar-refractivity contribution < 1.29 is 9.53 Å². The number of pyridine rings is 1. The second kappa shape index (κ2) is 8.37. The molecule has 7 heteroatoms. The second-order valence-electron chi connectivity index (χ2n) is 7.30. The Morgan fingerprint density at radius 3 is 2.76 bits per heavy atom. The van der Waals surface area contributed by atoms with Gasteiger partial charge in [-0.2, -0.15) is 17.7 Å². The fraction of sp³-hybridized carbons (Fsp3) is 0.364. The molecule has 0 aliphatic carbocycles. The topological polar surface area (TPSA) is 58.9 Å². The van der Waals surface area contributed by atoms with Crippen LogP contribution in [-0.2, 0) is 0 Å². The minimum absolute atomic E-state index is 0.0520. The summed E-state index contributed by atoms with van der Waals surface area (Å²) in [5.41, 5.74) is 4.48. The van der Waals surface area contributed by atoms with Crippen molar-refractivity contribution in [3.63, 3.8) is 0 Å². The molecular weight excluding hydrogens is 384 g/mol. The van der Waals surface area contributed by atoms with E-state index in [4.69, 9.17) is 4.74 Å². The third-order valence-electron chi connectivity index (χ3n) is 5.38. The Morgan fingerprint density at radius 1 is 1.24 bits per heavy atom. The lowest BCUT2D eigenvalue weighted by molar-refractivity contribution is 0.102. The Morgan fingerprint density at radius 2 is 2.03 bits per heavy atom. The summed E-state index contributed by atoms with van der Waals surface area (Å²) >= 11 is 4.59. The fourth-order valence-corrected chi connectivity index (χ4v) is 4.30. The molecule has 2 atom stereocenters. The van der Waals surface area contributed by atoms with E-state index in [9.17, 15) is 4.79 Å². The van der Waals surface area contributed by atoms with Crippen LogP contribution in [0.5, 0.6) is 5.75 Å². The summed E-state index contributed by atoms with van der Waals surface area (Å²) in [6.07, 6.45) is 3.37. The number of ether oxygens (including phenoxy) is 1. The van der Waals surface area contributed by atoms with Crippen LogP contribution in [0.3, 0.4) is 0 Å². The van der Waals surface area contributed by atoms with E-state index in [2.05, 4.69) is 54.2 Å². The van der Waals surface area contributed by atoms with Crippen molar-refractivity contribution in [2.75, 3.05) is 13.1 Å². The van der Waals surface area contributed by atoms with Gasteiger partial charge in [0.25, 0.3) is 0 Å². The van der Waals surface area contributed by atoms with Gasteiger partial charge in [-0.15, -0.1) is 0 Å². The minimum atomic E-state index is -0.136. The molecule has 2 unspecified atom stereocenters. The molecule has 1 aliphatic rings. The molecule has 3 aromatic rings. The van der Waals surface area contributed by atoms with Crippen LogP contribution >= 0.6 is 12.6 Å². The van der Waals surface area contributed by atoms with Crippen LogP contribution in [-0.4, -0.2) is 45.1 Å². The number of fused-ring (bicyclic) bond motifs is 1. The zero-order valence-electron chi connectivity index (χ0n) is 16.7. The smallest absolute Gasteiger partial charge is 0.318 e. The highest BCUT2D eigenvalue weighted by Crippen LogP contribution is 2.29. The highest BCUT2D eigenvalue weighted by Gasteiger charge is 2.30. The molecule has 1 saturated heterocycles. The molecule has 4 rings (SSSR count). The summed E-state index contributed by atoms with van der Waals surface area (Å²) < 4.78 is 8.12. The third-order valence-corrected chi connectivity index (χ3v) is 5.87. The number of thiol groups is 1. The van der Waals surface area contributed by atoms with Crippen LogP contribution < -0.4 is 10.1 Å².